The summed E-state index contributed by atoms with van der Waals surface area (Å²) >= 11 is 3.21. The third-order valence-electron chi connectivity index (χ3n) is 2.69. The van der Waals surface area contributed by atoms with Gasteiger partial charge in [0, 0.05) is 4.47 Å². The minimum atomic E-state index is -3.63. The second-order valence-corrected chi connectivity index (χ2v) is 5.03. The van der Waals surface area contributed by atoms with E-state index in [9.17, 15) is 8.78 Å². The van der Waals surface area contributed by atoms with Crippen molar-refractivity contribution in [2.45, 2.75) is 6.05 Å². The fraction of sp³-hybridized carbons (Fsp3) is 0.0714. The Bertz CT molecular complexity index is 784. The topological polar surface area (TPSA) is 50.8 Å². The van der Waals surface area contributed by atoms with Crippen LogP contribution in [0.15, 0.2) is 67.6 Å². The van der Waals surface area contributed by atoms with E-state index in [1.807, 2.05) is 0 Å². The van der Waals surface area contributed by atoms with Crippen molar-refractivity contribution < 1.29 is 13.2 Å². The molecule has 4 nitrogen and oxygen atoms in total. The quantitative estimate of drug-likeness (QED) is 0.467. The molecule has 7 heteroatoms. The molecule has 0 bridgehead atoms. The van der Waals surface area contributed by atoms with Crippen LogP contribution in [0.1, 0.15) is 5.89 Å². The first-order chi connectivity index (χ1) is 10.1. The molecule has 1 heterocycles. The van der Waals surface area contributed by atoms with Gasteiger partial charge in [-0.25, -0.2) is 4.98 Å². The van der Waals surface area contributed by atoms with Crippen LogP contribution in [0.2, 0.25) is 0 Å². The minimum Gasteiger partial charge on any atom is -0.433 e. The standard InChI is InChI=1S/C14H8BrF2N3O/c15-9-5-1-2-6-10(9)19-20-14(16,17)13-18-11-7-3-4-8-12(11)21-13/h1-8H. The molecule has 0 unspecified atom stereocenters. The molecular formula is C14H8BrF2N3O. The summed E-state index contributed by atoms with van der Waals surface area (Å²) in [6.45, 7) is 0. The maximum absolute atomic E-state index is 14.0. The Balaban J connectivity index is 1.94. The van der Waals surface area contributed by atoms with Gasteiger partial charge in [-0.1, -0.05) is 24.3 Å². The summed E-state index contributed by atoms with van der Waals surface area (Å²) in [6, 6.07) is 9.57. The molecule has 0 N–H and O–H groups in total. The van der Waals surface area contributed by atoms with Crippen molar-refractivity contribution in [2.75, 3.05) is 0 Å². The Morgan fingerprint density at radius 3 is 2.52 bits per heavy atom. The van der Waals surface area contributed by atoms with Gasteiger partial charge in [-0.2, -0.15) is 8.78 Å². The maximum atomic E-state index is 14.0. The number of alkyl halides is 2. The number of azo groups is 1. The van der Waals surface area contributed by atoms with Gasteiger partial charge in [0.05, 0.1) is 5.69 Å². The van der Waals surface area contributed by atoms with Crippen molar-refractivity contribution in [2.24, 2.45) is 10.2 Å². The molecule has 0 spiro atoms. The van der Waals surface area contributed by atoms with Crippen molar-refractivity contribution in [3.8, 4) is 0 Å². The summed E-state index contributed by atoms with van der Waals surface area (Å²) in [4.78, 5) is 3.74. The molecule has 0 saturated heterocycles. The highest BCUT2D eigenvalue weighted by Crippen LogP contribution is 2.34. The van der Waals surface area contributed by atoms with Crippen molar-refractivity contribution >= 4 is 32.7 Å². The second kappa shape index (κ2) is 5.33. The summed E-state index contributed by atoms with van der Waals surface area (Å²) in [7, 11) is 0. The molecule has 0 radical (unpaired) electrons. The van der Waals surface area contributed by atoms with Crippen LogP contribution < -0.4 is 0 Å². The van der Waals surface area contributed by atoms with Crippen molar-refractivity contribution in [1.29, 1.82) is 0 Å². The van der Waals surface area contributed by atoms with Gasteiger partial charge in [-0.3, -0.25) is 0 Å². The van der Waals surface area contributed by atoms with Crippen LogP contribution >= 0.6 is 15.9 Å². The fourth-order valence-corrected chi connectivity index (χ4v) is 2.06. The van der Waals surface area contributed by atoms with E-state index in [1.165, 1.54) is 0 Å². The first-order valence-corrected chi connectivity index (χ1v) is 6.77. The number of fused-ring (bicyclic) bond motifs is 1. The molecule has 0 aliphatic rings. The lowest BCUT2D eigenvalue weighted by Crippen LogP contribution is -2.09. The van der Waals surface area contributed by atoms with Gasteiger partial charge in [0.2, 0.25) is 0 Å². The first kappa shape index (κ1) is 13.8. The van der Waals surface area contributed by atoms with Crippen LogP contribution in [0.5, 0.6) is 0 Å². The lowest BCUT2D eigenvalue weighted by Gasteiger charge is -2.04. The average Bonchev–Trinajstić information content (AvgIpc) is 2.91. The molecule has 0 atom stereocenters. The molecule has 0 amide bonds. The van der Waals surface area contributed by atoms with E-state index in [0.29, 0.717) is 15.7 Å². The molecule has 106 valence electrons. The molecular weight excluding hydrogens is 344 g/mol. The van der Waals surface area contributed by atoms with Crippen molar-refractivity contribution in [3.63, 3.8) is 0 Å². The highest BCUT2D eigenvalue weighted by molar-refractivity contribution is 9.10. The highest BCUT2D eigenvalue weighted by Gasteiger charge is 2.38. The largest absolute Gasteiger partial charge is 0.436 e. The summed E-state index contributed by atoms with van der Waals surface area (Å²) < 4.78 is 33.6. The summed E-state index contributed by atoms with van der Waals surface area (Å²) in [6.07, 6.45) is 0. The molecule has 0 aliphatic carbocycles. The third kappa shape index (κ3) is 2.82. The number of halogens is 3. The predicted octanol–water partition coefficient (Wildman–Crippen LogP) is 5.42. The molecule has 3 rings (SSSR count). The van der Waals surface area contributed by atoms with Gasteiger partial charge in [0.15, 0.2) is 5.58 Å². The van der Waals surface area contributed by atoms with Crippen LogP contribution in [0.25, 0.3) is 11.1 Å². The number of para-hydroxylation sites is 2. The Hall–Kier alpha value is -2.15. The van der Waals surface area contributed by atoms with E-state index in [4.69, 9.17) is 4.42 Å². The van der Waals surface area contributed by atoms with Crippen LogP contribution in [-0.2, 0) is 6.05 Å². The van der Waals surface area contributed by atoms with Crippen LogP contribution in [0.3, 0.4) is 0 Å². The Labute approximate surface area is 126 Å². The van der Waals surface area contributed by atoms with Crippen LogP contribution in [-0.4, -0.2) is 4.98 Å². The summed E-state index contributed by atoms with van der Waals surface area (Å²) in [5, 5.41) is 6.61. The van der Waals surface area contributed by atoms with Gasteiger partial charge < -0.3 is 4.42 Å². The minimum absolute atomic E-state index is 0.281. The number of hydrogen-bond acceptors (Lipinski definition) is 4. The molecule has 0 saturated carbocycles. The number of oxazole rings is 1. The van der Waals surface area contributed by atoms with Gasteiger partial charge in [0.1, 0.15) is 5.52 Å². The van der Waals surface area contributed by atoms with E-state index < -0.39 is 11.9 Å². The normalized spacial score (nSPS) is 12.3. The smallest absolute Gasteiger partial charge is 0.433 e. The third-order valence-corrected chi connectivity index (χ3v) is 3.36. The van der Waals surface area contributed by atoms with Crippen molar-refractivity contribution in [1.82, 2.24) is 4.98 Å². The fourth-order valence-electron chi connectivity index (χ4n) is 1.69. The number of benzene rings is 2. The number of hydrogen-bond donors (Lipinski definition) is 0. The predicted molar refractivity (Wildman–Crippen MR) is 76.6 cm³/mol. The average molecular weight is 352 g/mol. The van der Waals surface area contributed by atoms with Gasteiger partial charge in [-0.15, -0.1) is 10.2 Å². The summed E-state index contributed by atoms with van der Waals surface area (Å²) in [5.74, 6) is -0.778. The van der Waals surface area contributed by atoms with Crippen molar-refractivity contribution in [3.05, 3.63) is 58.9 Å². The molecule has 0 aliphatic heterocycles. The van der Waals surface area contributed by atoms with E-state index in [1.54, 1.807) is 48.5 Å². The van der Waals surface area contributed by atoms with Gasteiger partial charge in [0.25, 0.3) is 5.89 Å². The molecule has 21 heavy (non-hydrogen) atoms. The number of nitrogens with zero attached hydrogens (tertiary/aromatic N) is 3. The molecule has 3 aromatic rings. The van der Waals surface area contributed by atoms with E-state index >= 15 is 0 Å². The Kier molecular flexibility index (Phi) is 3.50. The molecule has 0 fully saturated rings. The van der Waals surface area contributed by atoms with Crippen LogP contribution in [0, 0.1) is 0 Å². The zero-order valence-corrected chi connectivity index (χ0v) is 12.1. The van der Waals surface area contributed by atoms with Gasteiger partial charge >= 0.3 is 6.05 Å². The van der Waals surface area contributed by atoms with Gasteiger partial charge in [-0.05, 0) is 40.2 Å². The zero-order valence-electron chi connectivity index (χ0n) is 10.5. The Morgan fingerprint density at radius 1 is 1.05 bits per heavy atom. The summed E-state index contributed by atoms with van der Waals surface area (Å²) in [5.41, 5.74) is 0.930. The lowest BCUT2D eigenvalue weighted by atomic mass is 10.3. The maximum Gasteiger partial charge on any atom is 0.436 e. The molecule has 2 aromatic carbocycles. The molecule has 1 aromatic heterocycles. The van der Waals surface area contributed by atoms with E-state index in [-0.39, 0.29) is 5.58 Å². The number of rotatable bonds is 3. The zero-order chi connectivity index (χ0) is 14.9. The second-order valence-electron chi connectivity index (χ2n) is 4.18. The highest BCUT2D eigenvalue weighted by atomic mass is 79.9. The number of aromatic nitrogens is 1. The SMILES string of the molecule is FC(F)(N=Nc1ccccc1Br)c1nc2ccccc2o1. The first-order valence-electron chi connectivity index (χ1n) is 5.97. The van der Waals surface area contributed by atoms with E-state index in [0.717, 1.165) is 0 Å². The lowest BCUT2D eigenvalue weighted by molar-refractivity contribution is -0.0272. The Morgan fingerprint density at radius 2 is 1.76 bits per heavy atom. The van der Waals surface area contributed by atoms with E-state index in [2.05, 4.69) is 31.1 Å². The monoisotopic (exact) mass is 351 g/mol. The van der Waals surface area contributed by atoms with Crippen LogP contribution in [0.4, 0.5) is 14.5 Å².